The number of aromatic nitrogens is 1. The van der Waals surface area contributed by atoms with Crippen LogP contribution in [0.4, 0.5) is 5.69 Å². The minimum absolute atomic E-state index is 0.146. The van der Waals surface area contributed by atoms with Crippen molar-refractivity contribution in [1.82, 2.24) is 15.9 Å². The zero-order valence-corrected chi connectivity index (χ0v) is 10.8. The van der Waals surface area contributed by atoms with E-state index >= 15 is 0 Å². The number of hydrogen-bond acceptors (Lipinski definition) is 6. The van der Waals surface area contributed by atoms with Gasteiger partial charge in [0, 0.05) is 18.2 Å². The molecule has 0 spiro atoms. The lowest BCUT2D eigenvalue weighted by Gasteiger charge is -2.16. The van der Waals surface area contributed by atoms with E-state index in [0.29, 0.717) is 11.5 Å². The number of thiophene rings is 1. The topological polar surface area (TPSA) is 75.3 Å². The van der Waals surface area contributed by atoms with E-state index in [9.17, 15) is 4.79 Å². The highest BCUT2D eigenvalue weighted by Crippen LogP contribution is 2.38. The molecule has 1 amide bonds. The standard InChI is InChI=1S/C11H12N4O2S/c1-5-3-6(4-17-2)7-8-9(18-11(7)12-5)10(16)14-15-13-8/h3,13,15H,4H2,1-2H3,(H,14,16). The number of pyridine rings is 1. The predicted molar refractivity (Wildman–Crippen MR) is 69.3 cm³/mol. The van der Waals surface area contributed by atoms with Crippen molar-refractivity contribution in [2.45, 2.75) is 13.5 Å². The number of amides is 1. The van der Waals surface area contributed by atoms with E-state index < -0.39 is 0 Å². The van der Waals surface area contributed by atoms with Gasteiger partial charge in [0.1, 0.15) is 9.71 Å². The van der Waals surface area contributed by atoms with Crippen LogP contribution in [0.1, 0.15) is 20.9 Å². The molecule has 3 N–H and O–H groups in total. The lowest BCUT2D eigenvalue weighted by molar-refractivity contribution is 0.0936. The van der Waals surface area contributed by atoms with E-state index in [1.807, 2.05) is 13.0 Å². The van der Waals surface area contributed by atoms with Gasteiger partial charge in [-0.1, -0.05) is 0 Å². The molecule has 94 valence electrons. The van der Waals surface area contributed by atoms with E-state index in [2.05, 4.69) is 21.4 Å². The molecule has 0 atom stereocenters. The van der Waals surface area contributed by atoms with Crippen LogP contribution in [0.5, 0.6) is 0 Å². The summed E-state index contributed by atoms with van der Waals surface area (Å²) >= 11 is 1.38. The van der Waals surface area contributed by atoms with Crippen LogP contribution in [-0.4, -0.2) is 18.0 Å². The summed E-state index contributed by atoms with van der Waals surface area (Å²) in [6.45, 7) is 2.43. The number of hydrazine groups is 2. The summed E-state index contributed by atoms with van der Waals surface area (Å²) in [6, 6.07) is 1.98. The third-order valence-corrected chi connectivity index (χ3v) is 3.82. The molecule has 0 aliphatic carbocycles. The van der Waals surface area contributed by atoms with Crippen LogP contribution in [0.3, 0.4) is 0 Å². The zero-order chi connectivity index (χ0) is 12.7. The third-order valence-electron chi connectivity index (χ3n) is 2.74. The minimum Gasteiger partial charge on any atom is -0.380 e. The average Bonchev–Trinajstić information content (AvgIpc) is 2.69. The first-order chi connectivity index (χ1) is 8.70. The molecule has 0 saturated carbocycles. The van der Waals surface area contributed by atoms with Crippen LogP contribution in [0.25, 0.3) is 10.2 Å². The Morgan fingerprint density at radius 1 is 1.44 bits per heavy atom. The van der Waals surface area contributed by atoms with Crippen LogP contribution in [0, 0.1) is 6.92 Å². The number of carbonyl (C=O) groups excluding carboxylic acids is 1. The second-order valence-corrected chi connectivity index (χ2v) is 5.05. The van der Waals surface area contributed by atoms with Crippen molar-refractivity contribution in [3.63, 3.8) is 0 Å². The van der Waals surface area contributed by atoms with E-state index in [1.54, 1.807) is 7.11 Å². The van der Waals surface area contributed by atoms with Crippen LogP contribution in [0.2, 0.25) is 0 Å². The normalized spacial score (nSPS) is 14.2. The van der Waals surface area contributed by atoms with Crippen molar-refractivity contribution in [2.75, 3.05) is 12.5 Å². The fourth-order valence-corrected chi connectivity index (χ4v) is 3.19. The van der Waals surface area contributed by atoms with Crippen molar-refractivity contribution in [2.24, 2.45) is 0 Å². The maximum absolute atomic E-state index is 11.7. The first-order valence-electron chi connectivity index (χ1n) is 5.44. The Morgan fingerprint density at radius 2 is 2.28 bits per heavy atom. The third kappa shape index (κ3) is 1.64. The molecular formula is C11H12N4O2S. The zero-order valence-electron chi connectivity index (χ0n) is 9.96. The van der Waals surface area contributed by atoms with Crippen molar-refractivity contribution in [1.29, 1.82) is 0 Å². The van der Waals surface area contributed by atoms with E-state index in [-0.39, 0.29) is 5.91 Å². The van der Waals surface area contributed by atoms with Gasteiger partial charge in [0.2, 0.25) is 0 Å². The average molecular weight is 264 g/mol. The van der Waals surface area contributed by atoms with Crippen LogP contribution >= 0.6 is 11.3 Å². The monoisotopic (exact) mass is 264 g/mol. The van der Waals surface area contributed by atoms with Crippen molar-refractivity contribution in [3.8, 4) is 0 Å². The van der Waals surface area contributed by atoms with E-state index in [0.717, 1.165) is 27.2 Å². The highest BCUT2D eigenvalue weighted by Gasteiger charge is 2.24. The lowest BCUT2D eigenvalue weighted by Crippen LogP contribution is -2.45. The molecule has 0 unspecified atom stereocenters. The van der Waals surface area contributed by atoms with Gasteiger partial charge in [0.25, 0.3) is 5.91 Å². The minimum atomic E-state index is -0.146. The van der Waals surface area contributed by atoms with Gasteiger partial charge in [-0.25, -0.2) is 4.98 Å². The number of hydrogen-bond donors (Lipinski definition) is 3. The summed E-state index contributed by atoms with van der Waals surface area (Å²) in [5.41, 5.74) is 10.8. The lowest BCUT2D eigenvalue weighted by atomic mass is 10.1. The number of rotatable bonds is 2. The maximum atomic E-state index is 11.7. The molecule has 7 heteroatoms. The molecule has 0 aromatic carbocycles. The molecule has 2 aromatic heterocycles. The van der Waals surface area contributed by atoms with Crippen LogP contribution in [-0.2, 0) is 11.3 Å². The first-order valence-corrected chi connectivity index (χ1v) is 6.25. The SMILES string of the molecule is COCc1cc(C)nc2sc3c(c12)NNNC3=O. The van der Waals surface area contributed by atoms with Crippen molar-refractivity contribution in [3.05, 3.63) is 22.2 Å². The number of methoxy groups -OCH3 is 1. The number of fused-ring (bicyclic) bond motifs is 3. The molecule has 3 rings (SSSR count). The highest BCUT2D eigenvalue weighted by atomic mass is 32.1. The summed E-state index contributed by atoms with van der Waals surface area (Å²) in [6.07, 6.45) is 0. The Bertz CT molecular complexity index is 637. The molecule has 6 nitrogen and oxygen atoms in total. The number of aryl methyl sites for hydroxylation is 1. The molecule has 0 bridgehead atoms. The van der Waals surface area contributed by atoms with Crippen molar-refractivity contribution >= 4 is 33.1 Å². The summed E-state index contributed by atoms with van der Waals surface area (Å²) in [7, 11) is 1.65. The maximum Gasteiger partial charge on any atom is 0.279 e. The number of nitrogens with one attached hydrogen (secondary N) is 3. The molecule has 0 saturated heterocycles. The molecule has 18 heavy (non-hydrogen) atoms. The van der Waals surface area contributed by atoms with Gasteiger partial charge in [0.15, 0.2) is 0 Å². The largest absolute Gasteiger partial charge is 0.380 e. The van der Waals surface area contributed by atoms with E-state index in [1.165, 1.54) is 11.3 Å². The molecule has 1 aliphatic rings. The molecule has 2 aromatic rings. The van der Waals surface area contributed by atoms with Crippen molar-refractivity contribution < 1.29 is 9.53 Å². The van der Waals surface area contributed by atoms with Gasteiger partial charge in [-0.05, 0) is 18.6 Å². The highest BCUT2D eigenvalue weighted by molar-refractivity contribution is 7.21. The first kappa shape index (κ1) is 11.4. The smallest absolute Gasteiger partial charge is 0.279 e. The van der Waals surface area contributed by atoms with E-state index in [4.69, 9.17) is 4.74 Å². The van der Waals surface area contributed by atoms with Gasteiger partial charge in [0.05, 0.1) is 12.3 Å². The summed E-state index contributed by atoms with van der Waals surface area (Å²) < 4.78 is 5.21. The molecule has 0 fully saturated rings. The Balaban J connectivity index is 2.31. The van der Waals surface area contributed by atoms with Crippen LogP contribution in [0.15, 0.2) is 6.07 Å². The summed E-state index contributed by atoms with van der Waals surface area (Å²) in [4.78, 5) is 17.7. The number of ether oxygens (including phenoxy) is 1. The fraction of sp³-hybridized carbons (Fsp3) is 0.273. The van der Waals surface area contributed by atoms with Gasteiger partial charge >= 0.3 is 0 Å². The predicted octanol–water partition coefficient (Wildman–Crippen LogP) is 1.33. The second kappa shape index (κ2) is 4.20. The quantitative estimate of drug-likeness (QED) is 0.763. The summed E-state index contributed by atoms with van der Waals surface area (Å²) in [5.74, 6) is -0.146. The second-order valence-electron chi connectivity index (χ2n) is 4.05. The van der Waals surface area contributed by atoms with Crippen LogP contribution < -0.4 is 16.4 Å². The Hall–Kier alpha value is -1.70. The van der Waals surface area contributed by atoms with Gasteiger partial charge in [-0.2, -0.15) is 0 Å². The van der Waals surface area contributed by atoms with Gasteiger partial charge < -0.3 is 10.2 Å². The molecular weight excluding hydrogens is 252 g/mol. The Morgan fingerprint density at radius 3 is 3.06 bits per heavy atom. The number of nitrogens with zero attached hydrogens (tertiary/aromatic N) is 1. The fourth-order valence-electron chi connectivity index (χ4n) is 2.07. The Kier molecular flexibility index (Phi) is 2.66. The number of carbonyl (C=O) groups is 1. The number of anilines is 1. The van der Waals surface area contributed by atoms with Gasteiger partial charge in [-0.3, -0.25) is 10.2 Å². The van der Waals surface area contributed by atoms with Gasteiger partial charge in [-0.15, -0.1) is 16.9 Å². The molecule has 0 radical (unpaired) electrons. The Labute approximate surface area is 107 Å². The molecule has 3 heterocycles. The molecule has 1 aliphatic heterocycles. The summed E-state index contributed by atoms with van der Waals surface area (Å²) in [5, 5.41) is 0.949.